The molecular weight excluding hydrogens is 334 g/mol. The maximum atomic E-state index is 12.0. The fourth-order valence-corrected chi connectivity index (χ4v) is 3.19. The van der Waals surface area contributed by atoms with E-state index in [1.54, 1.807) is 17.4 Å². The van der Waals surface area contributed by atoms with E-state index in [1.165, 1.54) is 0 Å². The van der Waals surface area contributed by atoms with Crippen molar-refractivity contribution < 1.29 is 4.79 Å². The van der Waals surface area contributed by atoms with Crippen LogP contribution in [0.2, 0.25) is 0 Å². The first-order chi connectivity index (χ1) is 9.56. The molecule has 0 saturated heterocycles. The molecule has 0 aliphatic heterocycles. The number of hydrogen-bond donors (Lipinski definition) is 1. The van der Waals surface area contributed by atoms with Crippen molar-refractivity contribution in [2.24, 2.45) is 0 Å². The quantitative estimate of drug-likeness (QED) is 0.746. The molecular formula is C16H16BrNOS. The van der Waals surface area contributed by atoms with Gasteiger partial charge in [0.15, 0.2) is 0 Å². The van der Waals surface area contributed by atoms with Crippen LogP contribution < -0.4 is 5.32 Å². The molecule has 0 spiro atoms. The van der Waals surface area contributed by atoms with Crippen molar-refractivity contribution in [3.8, 4) is 0 Å². The average molecular weight is 350 g/mol. The van der Waals surface area contributed by atoms with Crippen molar-refractivity contribution in [3.63, 3.8) is 0 Å². The van der Waals surface area contributed by atoms with E-state index in [0.717, 1.165) is 19.9 Å². The molecule has 1 aromatic carbocycles. The molecule has 0 radical (unpaired) electrons. The van der Waals surface area contributed by atoms with Crippen LogP contribution >= 0.6 is 27.3 Å². The Kier molecular flexibility index (Phi) is 5.15. The molecule has 0 saturated carbocycles. The number of halogens is 1. The summed E-state index contributed by atoms with van der Waals surface area (Å²) in [5.41, 5.74) is 2.03. The summed E-state index contributed by atoms with van der Waals surface area (Å²) in [4.78, 5) is 13.0. The highest BCUT2D eigenvalue weighted by Gasteiger charge is 2.07. The van der Waals surface area contributed by atoms with Crippen LogP contribution in [0.15, 0.2) is 46.3 Å². The van der Waals surface area contributed by atoms with Crippen molar-refractivity contribution in [3.05, 3.63) is 56.7 Å². The molecule has 0 unspecified atom stereocenters. The molecule has 20 heavy (non-hydrogen) atoms. The lowest BCUT2D eigenvalue weighted by atomic mass is 10.0. The second-order valence-electron chi connectivity index (χ2n) is 4.71. The van der Waals surface area contributed by atoms with Gasteiger partial charge in [0, 0.05) is 16.6 Å². The lowest BCUT2D eigenvalue weighted by Gasteiger charge is -2.12. The average Bonchev–Trinajstić information content (AvgIpc) is 2.83. The van der Waals surface area contributed by atoms with Gasteiger partial charge in [0.1, 0.15) is 0 Å². The van der Waals surface area contributed by atoms with Crippen molar-refractivity contribution >= 4 is 44.9 Å². The Bertz CT molecular complexity index is 631. The van der Waals surface area contributed by atoms with Crippen LogP contribution in [0.25, 0.3) is 6.08 Å². The highest BCUT2D eigenvalue weighted by atomic mass is 79.9. The molecule has 1 aromatic heterocycles. The summed E-state index contributed by atoms with van der Waals surface area (Å²) < 4.78 is 1.06. The molecule has 104 valence electrons. The van der Waals surface area contributed by atoms with Crippen molar-refractivity contribution in [2.75, 3.05) is 5.32 Å². The van der Waals surface area contributed by atoms with Crippen LogP contribution in [-0.2, 0) is 4.79 Å². The van der Waals surface area contributed by atoms with Crippen LogP contribution in [0.5, 0.6) is 0 Å². The Hall–Kier alpha value is -1.39. The second kappa shape index (κ2) is 6.86. The number of benzene rings is 1. The second-order valence-corrected chi connectivity index (χ2v) is 7.20. The monoisotopic (exact) mass is 349 g/mol. The first-order valence-corrected chi connectivity index (χ1v) is 8.00. The zero-order valence-electron chi connectivity index (χ0n) is 11.4. The van der Waals surface area contributed by atoms with Gasteiger partial charge in [0.2, 0.25) is 5.91 Å². The Morgan fingerprint density at radius 1 is 1.25 bits per heavy atom. The van der Waals surface area contributed by atoms with Gasteiger partial charge in [-0.05, 0) is 51.7 Å². The Balaban J connectivity index is 2.07. The third kappa shape index (κ3) is 4.05. The minimum absolute atomic E-state index is 0.109. The maximum Gasteiger partial charge on any atom is 0.248 e. The third-order valence-electron chi connectivity index (χ3n) is 2.83. The standard InChI is InChI=1S/C16H16BrNOS/c1-11(2)13-5-3-4-6-14(13)18-16(19)10-8-12-7-9-15(17)20-12/h3-11H,1-2H3,(H,18,19)/b10-8+. The number of carbonyl (C=O) groups excluding carboxylic acids is 1. The zero-order valence-corrected chi connectivity index (χ0v) is 13.8. The predicted molar refractivity (Wildman–Crippen MR) is 90.2 cm³/mol. The van der Waals surface area contributed by atoms with Gasteiger partial charge in [-0.15, -0.1) is 11.3 Å². The number of carbonyl (C=O) groups is 1. The van der Waals surface area contributed by atoms with Crippen LogP contribution in [0.4, 0.5) is 5.69 Å². The molecule has 2 rings (SSSR count). The molecule has 0 atom stereocenters. The topological polar surface area (TPSA) is 29.1 Å². The SMILES string of the molecule is CC(C)c1ccccc1NC(=O)/C=C/c1ccc(Br)s1. The molecule has 0 aliphatic carbocycles. The summed E-state index contributed by atoms with van der Waals surface area (Å²) in [5.74, 6) is 0.270. The van der Waals surface area contributed by atoms with Crippen LogP contribution in [0.3, 0.4) is 0 Å². The highest BCUT2D eigenvalue weighted by molar-refractivity contribution is 9.11. The lowest BCUT2D eigenvalue weighted by molar-refractivity contribution is -0.111. The van der Waals surface area contributed by atoms with Gasteiger partial charge in [0.25, 0.3) is 0 Å². The summed E-state index contributed by atoms with van der Waals surface area (Å²) in [6.07, 6.45) is 3.39. The normalized spacial score (nSPS) is 11.2. The molecule has 1 heterocycles. The zero-order chi connectivity index (χ0) is 14.5. The van der Waals surface area contributed by atoms with Gasteiger partial charge in [-0.25, -0.2) is 0 Å². The van der Waals surface area contributed by atoms with E-state index in [2.05, 4.69) is 35.1 Å². The number of nitrogens with one attached hydrogen (secondary N) is 1. The Labute approximate surface area is 131 Å². The largest absolute Gasteiger partial charge is 0.322 e. The number of amides is 1. The Morgan fingerprint density at radius 2 is 2.00 bits per heavy atom. The molecule has 1 N–H and O–H groups in total. The molecule has 2 aromatic rings. The van der Waals surface area contributed by atoms with Crippen molar-refractivity contribution in [1.29, 1.82) is 0 Å². The Morgan fingerprint density at radius 3 is 2.65 bits per heavy atom. The predicted octanol–water partition coefficient (Wildman–Crippen LogP) is 5.29. The fourth-order valence-electron chi connectivity index (χ4n) is 1.86. The van der Waals surface area contributed by atoms with Gasteiger partial charge in [-0.2, -0.15) is 0 Å². The number of para-hydroxylation sites is 1. The van der Waals surface area contributed by atoms with Crippen LogP contribution in [-0.4, -0.2) is 5.91 Å². The lowest BCUT2D eigenvalue weighted by Crippen LogP contribution is -2.10. The fraction of sp³-hybridized carbons (Fsp3) is 0.188. The van der Waals surface area contributed by atoms with Gasteiger partial charge in [-0.3, -0.25) is 4.79 Å². The molecule has 0 bridgehead atoms. The maximum absolute atomic E-state index is 12.0. The van der Waals surface area contributed by atoms with E-state index in [0.29, 0.717) is 5.92 Å². The van der Waals surface area contributed by atoms with E-state index in [-0.39, 0.29) is 5.91 Å². The first kappa shape index (κ1) is 15.0. The third-order valence-corrected chi connectivity index (χ3v) is 4.42. The van der Waals surface area contributed by atoms with E-state index in [1.807, 2.05) is 42.5 Å². The summed E-state index contributed by atoms with van der Waals surface area (Å²) in [7, 11) is 0. The van der Waals surface area contributed by atoms with E-state index in [4.69, 9.17) is 0 Å². The number of thiophene rings is 1. The number of hydrogen-bond acceptors (Lipinski definition) is 2. The first-order valence-electron chi connectivity index (χ1n) is 6.39. The van der Waals surface area contributed by atoms with Crippen LogP contribution in [0.1, 0.15) is 30.2 Å². The molecule has 4 heteroatoms. The number of rotatable bonds is 4. The van der Waals surface area contributed by atoms with E-state index >= 15 is 0 Å². The molecule has 1 amide bonds. The molecule has 2 nitrogen and oxygen atoms in total. The molecule has 0 aliphatic rings. The van der Waals surface area contributed by atoms with E-state index < -0.39 is 0 Å². The van der Waals surface area contributed by atoms with E-state index in [9.17, 15) is 4.79 Å². The summed E-state index contributed by atoms with van der Waals surface area (Å²) >= 11 is 5.00. The summed E-state index contributed by atoms with van der Waals surface area (Å²) in [6, 6.07) is 11.8. The highest BCUT2D eigenvalue weighted by Crippen LogP contribution is 2.24. The van der Waals surface area contributed by atoms with Gasteiger partial charge >= 0.3 is 0 Å². The van der Waals surface area contributed by atoms with Crippen LogP contribution in [0, 0.1) is 0 Å². The minimum atomic E-state index is -0.109. The smallest absolute Gasteiger partial charge is 0.248 e. The summed E-state index contributed by atoms with van der Waals surface area (Å²) in [5, 5.41) is 2.94. The van der Waals surface area contributed by atoms with Crippen molar-refractivity contribution in [1.82, 2.24) is 0 Å². The van der Waals surface area contributed by atoms with Gasteiger partial charge in [-0.1, -0.05) is 32.0 Å². The molecule has 0 fully saturated rings. The summed E-state index contributed by atoms with van der Waals surface area (Å²) in [6.45, 7) is 4.23. The van der Waals surface area contributed by atoms with Crippen molar-refractivity contribution in [2.45, 2.75) is 19.8 Å². The van der Waals surface area contributed by atoms with Gasteiger partial charge in [0.05, 0.1) is 3.79 Å². The minimum Gasteiger partial charge on any atom is -0.322 e. The van der Waals surface area contributed by atoms with Gasteiger partial charge < -0.3 is 5.32 Å². The number of anilines is 1.